The number of aromatic amines is 1. The quantitative estimate of drug-likeness (QED) is 0.770. The van der Waals surface area contributed by atoms with Crippen LogP contribution >= 0.6 is 0 Å². The van der Waals surface area contributed by atoms with E-state index in [-0.39, 0.29) is 11.8 Å². The van der Waals surface area contributed by atoms with Crippen molar-refractivity contribution in [1.29, 1.82) is 0 Å². The average Bonchev–Trinajstić information content (AvgIpc) is 3.43. The number of rotatable bonds is 3. The van der Waals surface area contributed by atoms with Gasteiger partial charge in [-0.2, -0.15) is 10.1 Å². The molecule has 0 radical (unpaired) electrons. The van der Waals surface area contributed by atoms with Crippen molar-refractivity contribution in [1.82, 2.24) is 20.3 Å². The molecule has 2 unspecified atom stereocenters. The number of nitrogens with one attached hydrogen (secondary N) is 1. The van der Waals surface area contributed by atoms with Crippen molar-refractivity contribution in [3.63, 3.8) is 0 Å². The largest absolute Gasteiger partial charge is 0.339 e. The van der Waals surface area contributed by atoms with Crippen LogP contribution in [-0.2, 0) is 11.2 Å². The Kier molecular flexibility index (Phi) is 3.81. The highest BCUT2D eigenvalue weighted by atomic mass is 16.5. The van der Waals surface area contributed by atoms with Crippen LogP contribution in [0.4, 0.5) is 5.69 Å². The van der Waals surface area contributed by atoms with E-state index in [1.54, 1.807) is 0 Å². The zero-order valence-electron chi connectivity index (χ0n) is 15.2. The number of carbonyl (C=O) groups excluding carboxylic acids is 1. The van der Waals surface area contributed by atoms with Crippen molar-refractivity contribution < 1.29 is 9.32 Å². The van der Waals surface area contributed by atoms with Gasteiger partial charge in [-0.15, -0.1) is 0 Å². The first-order valence-corrected chi connectivity index (χ1v) is 9.47. The zero-order valence-corrected chi connectivity index (χ0v) is 15.2. The molecule has 138 valence electrons. The van der Waals surface area contributed by atoms with E-state index in [4.69, 9.17) is 4.52 Å². The van der Waals surface area contributed by atoms with Crippen molar-refractivity contribution >= 4 is 11.6 Å². The molecular weight excluding hydrogens is 342 g/mol. The smallest absolute Gasteiger partial charge is 0.230 e. The van der Waals surface area contributed by atoms with Gasteiger partial charge in [0.15, 0.2) is 0 Å². The monoisotopic (exact) mass is 363 g/mol. The van der Waals surface area contributed by atoms with Gasteiger partial charge in [-0.1, -0.05) is 12.1 Å². The number of hydrogen-bond acceptors (Lipinski definition) is 5. The molecule has 1 N–H and O–H groups in total. The maximum Gasteiger partial charge on any atom is 0.230 e. The van der Waals surface area contributed by atoms with Gasteiger partial charge in [0.2, 0.25) is 17.6 Å². The van der Waals surface area contributed by atoms with Crippen LogP contribution in [0.25, 0.3) is 11.4 Å². The Labute approximate surface area is 156 Å². The van der Waals surface area contributed by atoms with Crippen LogP contribution in [0.3, 0.4) is 0 Å². The van der Waals surface area contributed by atoms with Crippen LogP contribution in [0, 0.1) is 0 Å². The summed E-state index contributed by atoms with van der Waals surface area (Å²) >= 11 is 0. The highest BCUT2D eigenvalue weighted by molar-refractivity contribution is 5.95. The Hall–Kier alpha value is -2.96. The van der Waals surface area contributed by atoms with Gasteiger partial charge >= 0.3 is 0 Å². The van der Waals surface area contributed by atoms with Gasteiger partial charge in [-0.3, -0.25) is 9.89 Å². The number of hydrogen-bond donors (Lipinski definition) is 1. The average molecular weight is 363 g/mol. The summed E-state index contributed by atoms with van der Waals surface area (Å²) < 4.78 is 5.61. The minimum atomic E-state index is 0.189. The SMILES string of the molecule is CC1c2cn[nH]c2CCC1c1nc(-c2ccc(N3CCCC3=O)cc2)no1. The second-order valence-corrected chi connectivity index (χ2v) is 7.39. The number of amides is 1. The molecule has 3 heterocycles. The van der Waals surface area contributed by atoms with Crippen molar-refractivity contribution in [2.75, 3.05) is 11.4 Å². The van der Waals surface area contributed by atoms with Gasteiger partial charge in [0.25, 0.3) is 0 Å². The third-order valence-corrected chi connectivity index (χ3v) is 5.82. The van der Waals surface area contributed by atoms with E-state index in [0.717, 1.165) is 37.1 Å². The van der Waals surface area contributed by atoms with Crippen molar-refractivity contribution in [2.24, 2.45) is 0 Å². The molecule has 0 bridgehead atoms. The molecule has 3 aromatic rings. The third kappa shape index (κ3) is 2.74. The van der Waals surface area contributed by atoms with E-state index in [2.05, 4.69) is 27.3 Å². The van der Waals surface area contributed by atoms with Crippen molar-refractivity contribution in [2.45, 2.75) is 44.4 Å². The first-order chi connectivity index (χ1) is 13.2. The van der Waals surface area contributed by atoms with E-state index in [0.29, 0.717) is 24.1 Å². The Morgan fingerprint density at radius 3 is 2.85 bits per heavy atom. The van der Waals surface area contributed by atoms with Crippen LogP contribution in [0.5, 0.6) is 0 Å². The Morgan fingerprint density at radius 1 is 1.22 bits per heavy atom. The highest BCUT2D eigenvalue weighted by Gasteiger charge is 2.32. The number of H-pyrrole nitrogens is 1. The fraction of sp³-hybridized carbons (Fsp3) is 0.400. The number of benzene rings is 1. The van der Waals surface area contributed by atoms with Crippen molar-refractivity contribution in [3.05, 3.63) is 47.6 Å². The molecule has 1 fully saturated rings. The van der Waals surface area contributed by atoms with Crippen LogP contribution < -0.4 is 4.90 Å². The minimum Gasteiger partial charge on any atom is -0.339 e. The predicted molar refractivity (Wildman–Crippen MR) is 99.4 cm³/mol. The molecule has 1 aliphatic heterocycles. The highest BCUT2D eigenvalue weighted by Crippen LogP contribution is 2.41. The molecule has 7 nitrogen and oxygen atoms in total. The topological polar surface area (TPSA) is 87.9 Å². The summed E-state index contributed by atoms with van der Waals surface area (Å²) in [4.78, 5) is 18.4. The van der Waals surface area contributed by atoms with E-state index in [1.165, 1.54) is 11.3 Å². The van der Waals surface area contributed by atoms with Crippen LogP contribution in [-0.4, -0.2) is 32.8 Å². The van der Waals surface area contributed by atoms with Gasteiger partial charge < -0.3 is 9.42 Å². The summed E-state index contributed by atoms with van der Waals surface area (Å²) in [5.41, 5.74) is 4.28. The van der Waals surface area contributed by atoms with Gasteiger partial charge in [0.1, 0.15) is 0 Å². The number of carbonyl (C=O) groups is 1. The molecule has 0 spiro atoms. The van der Waals surface area contributed by atoms with Crippen LogP contribution in [0.15, 0.2) is 35.0 Å². The number of aromatic nitrogens is 4. The van der Waals surface area contributed by atoms with Gasteiger partial charge in [0, 0.05) is 35.8 Å². The fourth-order valence-electron chi connectivity index (χ4n) is 4.23. The van der Waals surface area contributed by atoms with Crippen molar-refractivity contribution in [3.8, 4) is 11.4 Å². The van der Waals surface area contributed by atoms with E-state index < -0.39 is 0 Å². The third-order valence-electron chi connectivity index (χ3n) is 5.82. The number of nitrogens with zero attached hydrogens (tertiary/aromatic N) is 4. The lowest BCUT2D eigenvalue weighted by Gasteiger charge is -2.25. The first kappa shape index (κ1) is 16.2. The molecule has 1 amide bonds. The molecule has 2 aromatic heterocycles. The Balaban J connectivity index is 1.37. The van der Waals surface area contributed by atoms with Gasteiger partial charge in [-0.05, 0) is 55.0 Å². The lowest BCUT2D eigenvalue weighted by Crippen LogP contribution is -2.23. The molecule has 27 heavy (non-hydrogen) atoms. The predicted octanol–water partition coefficient (Wildman–Crippen LogP) is 3.42. The summed E-state index contributed by atoms with van der Waals surface area (Å²) in [6, 6.07) is 7.81. The lowest BCUT2D eigenvalue weighted by atomic mass is 9.79. The Morgan fingerprint density at radius 2 is 2.07 bits per heavy atom. The number of aryl methyl sites for hydroxylation is 1. The molecular formula is C20H21N5O2. The molecule has 7 heteroatoms. The maximum absolute atomic E-state index is 11.9. The normalized spacial score (nSPS) is 22.3. The molecule has 1 aromatic carbocycles. The molecule has 1 saturated heterocycles. The fourth-order valence-corrected chi connectivity index (χ4v) is 4.23. The van der Waals surface area contributed by atoms with E-state index >= 15 is 0 Å². The summed E-state index contributed by atoms with van der Waals surface area (Å²) in [6.07, 6.45) is 5.37. The summed E-state index contributed by atoms with van der Waals surface area (Å²) in [5, 5.41) is 11.4. The second kappa shape index (κ2) is 6.33. The molecule has 2 aliphatic rings. The van der Waals surface area contributed by atoms with Gasteiger partial charge in [0.05, 0.1) is 6.20 Å². The molecule has 5 rings (SSSR count). The number of fused-ring (bicyclic) bond motifs is 1. The zero-order chi connectivity index (χ0) is 18.4. The molecule has 1 aliphatic carbocycles. The van der Waals surface area contributed by atoms with E-state index in [9.17, 15) is 4.79 Å². The van der Waals surface area contributed by atoms with E-state index in [1.807, 2.05) is 35.4 Å². The molecule has 2 atom stereocenters. The minimum absolute atomic E-state index is 0.189. The lowest BCUT2D eigenvalue weighted by molar-refractivity contribution is -0.117. The number of anilines is 1. The first-order valence-electron chi connectivity index (χ1n) is 9.47. The summed E-state index contributed by atoms with van der Waals surface area (Å²) in [7, 11) is 0. The maximum atomic E-state index is 11.9. The van der Waals surface area contributed by atoms with Gasteiger partial charge in [-0.25, -0.2) is 0 Å². The summed E-state index contributed by atoms with van der Waals surface area (Å²) in [6.45, 7) is 2.98. The van der Waals surface area contributed by atoms with Crippen LogP contribution in [0.2, 0.25) is 0 Å². The molecule has 0 saturated carbocycles. The summed E-state index contributed by atoms with van der Waals surface area (Å²) in [5.74, 6) is 1.97. The van der Waals surface area contributed by atoms with Crippen LogP contribution in [0.1, 0.15) is 55.2 Å². The second-order valence-electron chi connectivity index (χ2n) is 7.39. The Bertz CT molecular complexity index is 974. The standard InChI is InChI=1S/C20H21N5O2/c1-12-15(8-9-17-16(12)11-21-23-17)20-22-19(24-27-20)13-4-6-14(7-5-13)25-10-2-3-18(25)26/h4-7,11-12,15H,2-3,8-10H2,1H3,(H,21,23).